The lowest BCUT2D eigenvalue weighted by Crippen LogP contribution is -2.48. The van der Waals surface area contributed by atoms with Gasteiger partial charge in [0.15, 0.2) is 0 Å². The van der Waals surface area contributed by atoms with E-state index < -0.39 is 5.41 Å². The number of hydrogen-bond acceptors (Lipinski definition) is 2. The number of carbonyl (C=O) groups is 1. The Kier molecular flexibility index (Phi) is 5.39. The van der Waals surface area contributed by atoms with Crippen molar-refractivity contribution in [3.05, 3.63) is 0 Å². The molecule has 0 aromatic carbocycles. The summed E-state index contributed by atoms with van der Waals surface area (Å²) in [5.74, 6) is 0.561. The van der Waals surface area contributed by atoms with E-state index in [4.69, 9.17) is 18.0 Å². The second-order valence-electron chi connectivity index (χ2n) is 5.38. The molecule has 0 aliphatic heterocycles. The summed E-state index contributed by atoms with van der Waals surface area (Å²) in [4.78, 5) is 14.2. The molecule has 0 heterocycles. The van der Waals surface area contributed by atoms with Crippen LogP contribution in [-0.2, 0) is 4.79 Å². The summed E-state index contributed by atoms with van der Waals surface area (Å²) in [7, 11) is 1.81. The smallest absolute Gasteiger partial charge is 0.235 e. The minimum absolute atomic E-state index is 0.00634. The molecule has 1 atom stereocenters. The highest BCUT2D eigenvalue weighted by Crippen LogP contribution is 2.21. The minimum Gasteiger partial charge on any atom is -0.392 e. The summed E-state index contributed by atoms with van der Waals surface area (Å²) in [5.41, 5.74) is 4.84. The van der Waals surface area contributed by atoms with Crippen LogP contribution in [-0.4, -0.2) is 28.9 Å². The van der Waals surface area contributed by atoms with Crippen molar-refractivity contribution in [1.82, 2.24) is 4.90 Å². The monoisotopic (exact) mass is 244 g/mol. The Morgan fingerprint density at radius 2 is 1.81 bits per heavy atom. The van der Waals surface area contributed by atoms with Crippen LogP contribution < -0.4 is 5.73 Å². The highest BCUT2D eigenvalue weighted by Gasteiger charge is 2.34. The summed E-state index contributed by atoms with van der Waals surface area (Å²) in [6.45, 7) is 9.89. The molecule has 4 heteroatoms. The van der Waals surface area contributed by atoms with Gasteiger partial charge in [-0.15, -0.1) is 0 Å². The van der Waals surface area contributed by atoms with Gasteiger partial charge >= 0.3 is 0 Å². The Morgan fingerprint density at radius 3 is 2.12 bits per heavy atom. The van der Waals surface area contributed by atoms with Gasteiger partial charge in [0.05, 0.1) is 10.4 Å². The van der Waals surface area contributed by atoms with Gasteiger partial charge in [0, 0.05) is 13.1 Å². The van der Waals surface area contributed by atoms with Crippen molar-refractivity contribution >= 4 is 23.1 Å². The second-order valence-corrected chi connectivity index (χ2v) is 5.82. The van der Waals surface area contributed by atoms with Crippen LogP contribution in [0.4, 0.5) is 0 Å². The van der Waals surface area contributed by atoms with Gasteiger partial charge in [0.1, 0.15) is 0 Å². The van der Waals surface area contributed by atoms with Gasteiger partial charge in [-0.05, 0) is 33.1 Å². The Morgan fingerprint density at radius 1 is 1.38 bits per heavy atom. The van der Waals surface area contributed by atoms with Gasteiger partial charge < -0.3 is 10.6 Å². The molecule has 0 spiro atoms. The van der Waals surface area contributed by atoms with Crippen LogP contribution in [0.2, 0.25) is 0 Å². The van der Waals surface area contributed by atoms with E-state index in [2.05, 4.69) is 13.8 Å². The molecule has 94 valence electrons. The first-order valence-electron chi connectivity index (χ1n) is 5.67. The van der Waals surface area contributed by atoms with Gasteiger partial charge in [-0.2, -0.15) is 0 Å². The van der Waals surface area contributed by atoms with Crippen molar-refractivity contribution in [3.63, 3.8) is 0 Å². The molecule has 2 N–H and O–H groups in total. The fourth-order valence-corrected chi connectivity index (χ4v) is 1.67. The molecule has 0 bridgehead atoms. The standard InChI is InChI=1S/C12H24N2OS/c1-8(2)7-9(3)14(6)11(15)12(4,5)10(13)16/h8-9H,7H2,1-6H3,(H2,13,16). The lowest BCUT2D eigenvalue weighted by atomic mass is 9.90. The zero-order valence-electron chi connectivity index (χ0n) is 11.2. The highest BCUT2D eigenvalue weighted by atomic mass is 32.1. The van der Waals surface area contributed by atoms with Gasteiger partial charge in [-0.1, -0.05) is 26.1 Å². The summed E-state index contributed by atoms with van der Waals surface area (Å²) in [6, 6.07) is 0.209. The molecule has 16 heavy (non-hydrogen) atoms. The second kappa shape index (κ2) is 5.62. The molecule has 0 fully saturated rings. The Balaban J connectivity index is 4.67. The number of hydrogen-bond donors (Lipinski definition) is 1. The van der Waals surface area contributed by atoms with E-state index >= 15 is 0 Å². The number of nitrogens with two attached hydrogens (primary N) is 1. The van der Waals surface area contributed by atoms with E-state index in [-0.39, 0.29) is 16.9 Å². The van der Waals surface area contributed by atoms with Gasteiger partial charge in [0.25, 0.3) is 0 Å². The van der Waals surface area contributed by atoms with Crippen molar-refractivity contribution in [2.45, 2.75) is 47.1 Å². The zero-order chi connectivity index (χ0) is 13.1. The molecule has 0 aromatic heterocycles. The summed E-state index contributed by atoms with van der Waals surface area (Å²) < 4.78 is 0. The normalized spacial score (nSPS) is 13.7. The van der Waals surface area contributed by atoms with Crippen molar-refractivity contribution in [1.29, 1.82) is 0 Å². The first-order chi connectivity index (χ1) is 7.10. The highest BCUT2D eigenvalue weighted by molar-refractivity contribution is 7.80. The zero-order valence-corrected chi connectivity index (χ0v) is 12.0. The third-order valence-corrected chi connectivity index (χ3v) is 3.45. The van der Waals surface area contributed by atoms with Crippen LogP contribution in [0.5, 0.6) is 0 Å². The van der Waals surface area contributed by atoms with Crippen LogP contribution in [0, 0.1) is 11.3 Å². The van der Waals surface area contributed by atoms with Gasteiger partial charge in [-0.3, -0.25) is 4.79 Å². The molecule has 0 aromatic rings. The molecule has 0 aliphatic carbocycles. The summed E-state index contributed by atoms with van der Waals surface area (Å²) in [5, 5.41) is 0. The predicted octanol–water partition coefficient (Wildman–Crippen LogP) is 2.19. The maximum Gasteiger partial charge on any atom is 0.235 e. The first kappa shape index (κ1) is 15.4. The number of carbonyl (C=O) groups excluding carboxylic acids is 1. The van der Waals surface area contributed by atoms with Crippen molar-refractivity contribution in [2.75, 3.05) is 7.05 Å². The molecule has 3 nitrogen and oxygen atoms in total. The average Bonchev–Trinajstić information content (AvgIpc) is 2.13. The van der Waals surface area contributed by atoms with Crippen LogP contribution in [0.15, 0.2) is 0 Å². The van der Waals surface area contributed by atoms with Crippen molar-refractivity contribution in [2.24, 2.45) is 17.1 Å². The maximum atomic E-state index is 12.2. The molecule has 1 amide bonds. The molecule has 0 saturated carbocycles. The minimum atomic E-state index is -0.755. The molecule has 0 rings (SSSR count). The first-order valence-corrected chi connectivity index (χ1v) is 6.08. The van der Waals surface area contributed by atoms with E-state index in [1.807, 2.05) is 14.0 Å². The third-order valence-electron chi connectivity index (χ3n) is 2.94. The lowest BCUT2D eigenvalue weighted by molar-refractivity contribution is -0.137. The van der Waals surface area contributed by atoms with Crippen molar-refractivity contribution < 1.29 is 4.79 Å². The number of amides is 1. The molecule has 1 unspecified atom stereocenters. The van der Waals surface area contributed by atoms with Crippen LogP contribution in [0.1, 0.15) is 41.0 Å². The maximum absolute atomic E-state index is 12.2. The van der Waals surface area contributed by atoms with E-state index in [9.17, 15) is 4.79 Å². The van der Waals surface area contributed by atoms with E-state index in [1.165, 1.54) is 0 Å². The quantitative estimate of drug-likeness (QED) is 0.754. The van der Waals surface area contributed by atoms with E-state index in [0.717, 1.165) is 6.42 Å². The fraction of sp³-hybridized carbons (Fsp3) is 0.833. The number of thiocarbonyl (C=S) groups is 1. The number of nitrogens with zero attached hydrogens (tertiary/aromatic N) is 1. The molecular formula is C12H24N2OS. The molecular weight excluding hydrogens is 220 g/mol. The van der Waals surface area contributed by atoms with E-state index in [0.29, 0.717) is 5.92 Å². The summed E-state index contributed by atoms with van der Waals surface area (Å²) >= 11 is 4.93. The number of rotatable bonds is 5. The SMILES string of the molecule is CC(C)CC(C)N(C)C(=O)C(C)(C)C(N)=S. The lowest BCUT2D eigenvalue weighted by Gasteiger charge is -2.33. The van der Waals surface area contributed by atoms with E-state index in [1.54, 1.807) is 18.7 Å². The molecule has 0 saturated heterocycles. The fourth-order valence-electron chi connectivity index (χ4n) is 1.59. The van der Waals surface area contributed by atoms with Gasteiger partial charge in [0.2, 0.25) is 5.91 Å². The van der Waals surface area contributed by atoms with Crippen LogP contribution >= 0.6 is 12.2 Å². The summed E-state index contributed by atoms with van der Waals surface area (Å²) in [6.07, 6.45) is 0.982. The van der Waals surface area contributed by atoms with Gasteiger partial charge in [-0.25, -0.2) is 0 Å². The Bertz CT molecular complexity index is 274. The van der Waals surface area contributed by atoms with Crippen LogP contribution in [0.3, 0.4) is 0 Å². The topological polar surface area (TPSA) is 46.3 Å². The Labute approximate surface area is 104 Å². The predicted molar refractivity (Wildman–Crippen MR) is 72.3 cm³/mol. The van der Waals surface area contributed by atoms with Crippen molar-refractivity contribution in [3.8, 4) is 0 Å². The third kappa shape index (κ3) is 3.74. The molecule has 0 radical (unpaired) electrons. The Hall–Kier alpha value is -0.640. The average molecular weight is 244 g/mol. The largest absolute Gasteiger partial charge is 0.392 e. The molecule has 0 aliphatic rings. The van der Waals surface area contributed by atoms with Crippen LogP contribution in [0.25, 0.3) is 0 Å².